The van der Waals surface area contributed by atoms with Crippen molar-refractivity contribution < 1.29 is 14.6 Å². The Balaban J connectivity index is 2.79. The standard InChI is InChI=1S/C16H27NO3/c1-11(2)16(4,18)10-17-12(3)14-8-7-13(19-5)9-15(14)20-6/h7-9,11-12,17-18H,10H2,1-6H3. The molecule has 2 atom stereocenters. The fraction of sp³-hybridized carbons (Fsp3) is 0.625. The summed E-state index contributed by atoms with van der Waals surface area (Å²) in [5.74, 6) is 1.75. The van der Waals surface area contributed by atoms with Crippen molar-refractivity contribution in [2.24, 2.45) is 5.92 Å². The predicted octanol–water partition coefficient (Wildman–Crippen LogP) is 2.76. The zero-order valence-corrected chi connectivity index (χ0v) is 13.4. The molecule has 4 nitrogen and oxygen atoms in total. The van der Waals surface area contributed by atoms with E-state index in [0.717, 1.165) is 17.1 Å². The lowest BCUT2D eigenvalue weighted by Gasteiger charge is -2.30. The van der Waals surface area contributed by atoms with E-state index in [-0.39, 0.29) is 12.0 Å². The van der Waals surface area contributed by atoms with Gasteiger partial charge in [0.25, 0.3) is 0 Å². The number of aliphatic hydroxyl groups is 1. The van der Waals surface area contributed by atoms with Crippen molar-refractivity contribution >= 4 is 0 Å². The van der Waals surface area contributed by atoms with Crippen LogP contribution >= 0.6 is 0 Å². The van der Waals surface area contributed by atoms with E-state index in [1.807, 2.05) is 39.0 Å². The second kappa shape index (κ2) is 6.95. The molecule has 0 heterocycles. The van der Waals surface area contributed by atoms with E-state index < -0.39 is 5.60 Å². The van der Waals surface area contributed by atoms with Gasteiger partial charge in [-0.1, -0.05) is 19.9 Å². The molecule has 114 valence electrons. The first-order valence-corrected chi connectivity index (χ1v) is 6.99. The molecule has 1 aromatic carbocycles. The van der Waals surface area contributed by atoms with E-state index in [1.165, 1.54) is 0 Å². The van der Waals surface area contributed by atoms with Gasteiger partial charge in [-0.05, 0) is 25.8 Å². The fourth-order valence-electron chi connectivity index (χ4n) is 1.85. The minimum Gasteiger partial charge on any atom is -0.497 e. The van der Waals surface area contributed by atoms with Crippen LogP contribution in [0.2, 0.25) is 0 Å². The van der Waals surface area contributed by atoms with Gasteiger partial charge in [-0.15, -0.1) is 0 Å². The zero-order chi connectivity index (χ0) is 15.3. The third kappa shape index (κ3) is 4.12. The summed E-state index contributed by atoms with van der Waals surface area (Å²) in [6, 6.07) is 5.85. The fourth-order valence-corrected chi connectivity index (χ4v) is 1.85. The van der Waals surface area contributed by atoms with Gasteiger partial charge in [-0.2, -0.15) is 0 Å². The molecule has 4 heteroatoms. The maximum absolute atomic E-state index is 10.3. The summed E-state index contributed by atoms with van der Waals surface area (Å²) in [5.41, 5.74) is 0.321. The third-order valence-corrected chi connectivity index (χ3v) is 3.92. The van der Waals surface area contributed by atoms with Crippen molar-refractivity contribution in [1.29, 1.82) is 0 Å². The average molecular weight is 281 g/mol. The Kier molecular flexibility index (Phi) is 5.84. The number of rotatable bonds is 7. The van der Waals surface area contributed by atoms with Crippen LogP contribution in [0.5, 0.6) is 11.5 Å². The second-order valence-corrected chi connectivity index (χ2v) is 5.72. The largest absolute Gasteiger partial charge is 0.497 e. The Hall–Kier alpha value is -1.26. The molecule has 0 aromatic heterocycles. The normalized spacial score (nSPS) is 15.8. The quantitative estimate of drug-likeness (QED) is 0.807. The van der Waals surface area contributed by atoms with E-state index in [9.17, 15) is 5.11 Å². The highest BCUT2D eigenvalue weighted by atomic mass is 16.5. The minimum absolute atomic E-state index is 0.0843. The zero-order valence-electron chi connectivity index (χ0n) is 13.4. The molecule has 0 aliphatic rings. The molecule has 1 aromatic rings. The van der Waals surface area contributed by atoms with Gasteiger partial charge in [0, 0.05) is 24.2 Å². The Labute approximate surface area is 122 Å². The van der Waals surface area contributed by atoms with Crippen LogP contribution in [0.4, 0.5) is 0 Å². The van der Waals surface area contributed by atoms with Crippen LogP contribution in [0.15, 0.2) is 18.2 Å². The molecule has 0 fully saturated rings. The molecule has 2 unspecified atom stereocenters. The van der Waals surface area contributed by atoms with Crippen molar-refractivity contribution in [3.63, 3.8) is 0 Å². The highest BCUT2D eigenvalue weighted by Gasteiger charge is 2.25. The Bertz CT molecular complexity index is 430. The summed E-state index contributed by atoms with van der Waals surface area (Å²) in [4.78, 5) is 0. The first-order valence-electron chi connectivity index (χ1n) is 6.99. The second-order valence-electron chi connectivity index (χ2n) is 5.72. The van der Waals surface area contributed by atoms with Crippen molar-refractivity contribution in [3.05, 3.63) is 23.8 Å². The van der Waals surface area contributed by atoms with Gasteiger partial charge in [0.15, 0.2) is 0 Å². The topological polar surface area (TPSA) is 50.7 Å². The van der Waals surface area contributed by atoms with E-state index in [0.29, 0.717) is 6.54 Å². The number of benzene rings is 1. The third-order valence-electron chi connectivity index (χ3n) is 3.92. The first kappa shape index (κ1) is 16.8. The summed E-state index contributed by atoms with van der Waals surface area (Å²) in [6.07, 6.45) is 0. The van der Waals surface area contributed by atoms with Crippen LogP contribution in [0.3, 0.4) is 0 Å². The minimum atomic E-state index is -0.728. The molecule has 2 N–H and O–H groups in total. The molecule has 0 saturated heterocycles. The molecule has 0 bridgehead atoms. The van der Waals surface area contributed by atoms with Gasteiger partial charge in [0.05, 0.1) is 19.8 Å². The van der Waals surface area contributed by atoms with E-state index in [4.69, 9.17) is 9.47 Å². The molecule has 0 amide bonds. The molecule has 0 saturated carbocycles. The predicted molar refractivity (Wildman–Crippen MR) is 81.4 cm³/mol. The maximum Gasteiger partial charge on any atom is 0.127 e. The average Bonchev–Trinajstić information content (AvgIpc) is 2.43. The highest BCUT2D eigenvalue weighted by molar-refractivity contribution is 5.42. The van der Waals surface area contributed by atoms with Crippen molar-refractivity contribution in [1.82, 2.24) is 5.32 Å². The van der Waals surface area contributed by atoms with Gasteiger partial charge in [0.1, 0.15) is 11.5 Å². The lowest BCUT2D eigenvalue weighted by Crippen LogP contribution is -2.43. The molecule has 20 heavy (non-hydrogen) atoms. The summed E-state index contributed by atoms with van der Waals surface area (Å²) >= 11 is 0. The van der Waals surface area contributed by atoms with Crippen LogP contribution < -0.4 is 14.8 Å². The van der Waals surface area contributed by atoms with Crippen LogP contribution in [0.1, 0.15) is 39.3 Å². The monoisotopic (exact) mass is 281 g/mol. The molecular formula is C16H27NO3. The van der Waals surface area contributed by atoms with Crippen LogP contribution in [-0.2, 0) is 0 Å². The Morgan fingerprint density at radius 3 is 2.35 bits per heavy atom. The number of hydrogen-bond acceptors (Lipinski definition) is 4. The number of ether oxygens (including phenoxy) is 2. The molecule has 0 aliphatic carbocycles. The SMILES string of the molecule is COc1ccc(C(C)NCC(C)(O)C(C)C)c(OC)c1. The molecule has 0 radical (unpaired) electrons. The van der Waals surface area contributed by atoms with E-state index >= 15 is 0 Å². The molecule has 0 aliphatic heterocycles. The van der Waals surface area contributed by atoms with Gasteiger partial charge < -0.3 is 19.9 Å². The van der Waals surface area contributed by atoms with Gasteiger partial charge >= 0.3 is 0 Å². The van der Waals surface area contributed by atoms with Crippen molar-refractivity contribution in [3.8, 4) is 11.5 Å². The Morgan fingerprint density at radius 2 is 1.85 bits per heavy atom. The lowest BCUT2D eigenvalue weighted by atomic mass is 9.92. The maximum atomic E-state index is 10.3. The number of hydrogen-bond donors (Lipinski definition) is 2. The number of nitrogens with one attached hydrogen (secondary N) is 1. The lowest BCUT2D eigenvalue weighted by molar-refractivity contribution is 0.0121. The summed E-state index contributed by atoms with van der Waals surface area (Å²) in [7, 11) is 3.28. The van der Waals surface area contributed by atoms with Crippen LogP contribution in [-0.4, -0.2) is 31.5 Å². The van der Waals surface area contributed by atoms with Gasteiger partial charge in [-0.3, -0.25) is 0 Å². The van der Waals surface area contributed by atoms with E-state index in [2.05, 4.69) is 12.2 Å². The summed E-state index contributed by atoms with van der Waals surface area (Å²) in [5, 5.41) is 13.6. The highest BCUT2D eigenvalue weighted by Crippen LogP contribution is 2.29. The Morgan fingerprint density at radius 1 is 1.20 bits per heavy atom. The first-order chi connectivity index (χ1) is 9.31. The molecule has 0 spiro atoms. The molecule has 1 rings (SSSR count). The molecular weight excluding hydrogens is 254 g/mol. The summed E-state index contributed by atoms with van der Waals surface area (Å²) < 4.78 is 10.6. The summed E-state index contributed by atoms with van der Waals surface area (Å²) in [6.45, 7) is 8.46. The van der Waals surface area contributed by atoms with Crippen LogP contribution in [0, 0.1) is 5.92 Å². The van der Waals surface area contributed by atoms with Crippen LogP contribution in [0.25, 0.3) is 0 Å². The van der Waals surface area contributed by atoms with Gasteiger partial charge in [0.2, 0.25) is 0 Å². The van der Waals surface area contributed by atoms with Crippen molar-refractivity contribution in [2.45, 2.75) is 39.3 Å². The number of methoxy groups -OCH3 is 2. The van der Waals surface area contributed by atoms with E-state index in [1.54, 1.807) is 14.2 Å². The van der Waals surface area contributed by atoms with Crippen molar-refractivity contribution in [2.75, 3.05) is 20.8 Å². The smallest absolute Gasteiger partial charge is 0.127 e. The van der Waals surface area contributed by atoms with Gasteiger partial charge in [-0.25, -0.2) is 0 Å².